The van der Waals surface area contributed by atoms with E-state index in [2.05, 4.69) is 228 Å². The number of rotatable bonds is 5. The second kappa shape index (κ2) is 23.8. The summed E-state index contributed by atoms with van der Waals surface area (Å²) in [5.41, 5.74) is 25.9. The lowest BCUT2D eigenvalue weighted by Crippen LogP contribution is -2.30. The number of hydrogen-bond donors (Lipinski definition) is 1. The first-order chi connectivity index (χ1) is 44.9. The van der Waals surface area contributed by atoms with Gasteiger partial charge in [0.1, 0.15) is 23.3 Å². The number of aromatic nitrogens is 5. The average molecular weight is 1200 g/mol. The van der Waals surface area contributed by atoms with E-state index in [1.807, 2.05) is 73.1 Å². The summed E-state index contributed by atoms with van der Waals surface area (Å²) < 4.78 is 7.58. The van der Waals surface area contributed by atoms with E-state index >= 15 is 0 Å². The van der Waals surface area contributed by atoms with Crippen molar-refractivity contribution in [1.82, 2.24) is 24.5 Å². The molecule has 0 bridgehead atoms. The van der Waals surface area contributed by atoms with Crippen molar-refractivity contribution in [3.8, 4) is 22.8 Å². The fourth-order valence-corrected chi connectivity index (χ4v) is 13.0. The molecule has 0 unspecified atom stereocenters. The van der Waals surface area contributed by atoms with Crippen LogP contribution in [0.25, 0.3) is 55.6 Å². The largest absolute Gasteiger partial charge is 0.497 e. The molecule has 7 heterocycles. The zero-order valence-corrected chi connectivity index (χ0v) is 51.4. The lowest BCUT2D eigenvalue weighted by Gasteiger charge is -2.42. The molecular weight excluding hydrogens is 1130 g/mol. The Hall–Kier alpha value is -12.0. The Morgan fingerprint density at radius 3 is 1.45 bits per heavy atom. The summed E-state index contributed by atoms with van der Waals surface area (Å²) in [4.78, 5) is 51.2. The summed E-state index contributed by atoms with van der Waals surface area (Å²) in [6.45, 7) is 9.24. The van der Waals surface area contributed by atoms with Gasteiger partial charge >= 0.3 is 5.78 Å². The number of hydrogen-bond acceptors (Lipinski definition) is 11. The van der Waals surface area contributed by atoms with Gasteiger partial charge in [-0.05, 0) is 156 Å². The molecule has 2 N–H and O–H groups in total. The van der Waals surface area contributed by atoms with Gasteiger partial charge in [-0.25, -0.2) is 9.98 Å². The number of methoxy groups -OCH3 is 1. The molecule has 0 radical (unpaired) electrons. The first kappa shape index (κ1) is 57.7. The molecule has 4 aromatic heterocycles. The summed E-state index contributed by atoms with van der Waals surface area (Å²) >= 11 is 0. The van der Waals surface area contributed by atoms with E-state index < -0.39 is 11.6 Å². The summed E-state index contributed by atoms with van der Waals surface area (Å²) in [5, 5.41) is 2.03. The number of benzene rings is 9. The van der Waals surface area contributed by atoms with Crippen molar-refractivity contribution >= 4 is 96.1 Å². The summed E-state index contributed by atoms with van der Waals surface area (Å²) in [6, 6.07) is 83.3. The predicted octanol–water partition coefficient (Wildman–Crippen LogP) is 18.0. The van der Waals surface area contributed by atoms with Crippen molar-refractivity contribution in [3.63, 3.8) is 0 Å². The van der Waals surface area contributed by atoms with Crippen LogP contribution < -0.4 is 20.3 Å². The molecule has 1 aliphatic carbocycles. The minimum Gasteiger partial charge on any atom is -0.497 e. The Bertz CT molecular complexity index is 4990. The van der Waals surface area contributed by atoms with Crippen molar-refractivity contribution in [2.75, 3.05) is 22.6 Å². The van der Waals surface area contributed by atoms with Gasteiger partial charge in [0.2, 0.25) is 0 Å². The first-order valence-corrected chi connectivity index (χ1v) is 30.5. The number of carbonyl (C=O) groups excluding carboxylic acids is 2. The maximum Gasteiger partial charge on any atom is 0.317 e. The standard InChI is InChI=1S/C40H29N5.C22H21NO.C12H5N2O2.C6H7N/c1-40(2)31-16-6-8-18-33(31)44(34-19-9-7-17-32(34)40)28-22-20-26(21-23-28)39-43-37-29-14-10-24-41-35(29)36-30(15-11-25-42-36)38(37)45(39)27-12-4-3-5-13-27;1-22(2)18-8-4-6-10-20(18)23(21-11-7-5-9-19(21)22)16-12-14-17(24-3)15-13-16;15-11-7-3-1-5-13-9(7)10-8(12(11)16)4-2-6-14-10;7-6-4-2-1-3-5-6/h3-25H,1-2H3;4-15H,1-3H3;1,3-6H;1-5H,7H2/q;;+1;. The molecule has 0 atom stereocenters. The Kier molecular flexibility index (Phi) is 15.0. The molecule has 0 saturated carbocycles. The molecule has 0 spiro atoms. The maximum atomic E-state index is 11.7. The number of imidazole rings is 1. The third-order valence-corrected chi connectivity index (χ3v) is 17.5. The Morgan fingerprint density at radius 2 is 0.924 bits per heavy atom. The molecule has 17 rings (SSSR count). The lowest BCUT2D eigenvalue weighted by molar-refractivity contribution is -0.111. The van der Waals surface area contributed by atoms with Gasteiger partial charge in [-0.3, -0.25) is 29.1 Å². The molecule has 12 heteroatoms. The minimum atomic E-state index is -0.542. The highest BCUT2D eigenvalue weighted by molar-refractivity contribution is 6.53. The van der Waals surface area contributed by atoms with Gasteiger partial charge in [0.05, 0.1) is 57.5 Å². The molecule has 9 aromatic carbocycles. The number of para-hydroxylation sites is 6. The number of nitrogen functional groups attached to an aromatic ring is 1. The van der Waals surface area contributed by atoms with E-state index in [1.165, 1.54) is 57.3 Å². The highest BCUT2D eigenvalue weighted by Gasteiger charge is 2.41. The van der Waals surface area contributed by atoms with Crippen LogP contribution in [0, 0.1) is 6.08 Å². The molecule has 12 nitrogen and oxygen atoms in total. The van der Waals surface area contributed by atoms with Crippen LogP contribution in [0.2, 0.25) is 0 Å². The molecule has 0 saturated heterocycles. The molecule has 444 valence electrons. The quantitative estimate of drug-likeness (QED) is 0.0765. The summed E-state index contributed by atoms with van der Waals surface area (Å²) in [5.74, 6) is 0.680. The zero-order chi connectivity index (χ0) is 63.1. The highest BCUT2D eigenvalue weighted by Crippen LogP contribution is 2.53. The van der Waals surface area contributed by atoms with Gasteiger partial charge in [0, 0.05) is 68.5 Å². The number of carbonyl (C=O) groups is 2. The third kappa shape index (κ3) is 10.1. The van der Waals surface area contributed by atoms with Crippen LogP contribution in [0.3, 0.4) is 0 Å². The normalized spacial score (nSPS) is 14.1. The number of ketones is 2. The Labute approximate surface area is 533 Å². The first-order valence-electron chi connectivity index (χ1n) is 30.5. The second-order valence-electron chi connectivity index (χ2n) is 23.6. The van der Waals surface area contributed by atoms with Crippen LogP contribution in [0.1, 0.15) is 66.0 Å². The van der Waals surface area contributed by atoms with Gasteiger partial charge in [0.25, 0.3) is 5.78 Å². The van der Waals surface area contributed by atoms with E-state index in [0.29, 0.717) is 17.0 Å². The van der Waals surface area contributed by atoms with E-state index in [1.54, 1.807) is 25.4 Å². The SMILES string of the molecule is CC1(C)c2ccccc2N(c2ccc(-c3nc4c5cccnc5c5ncccc5c4n3-c3ccccc3)cc2)c2ccccc21.COc1ccc(N2c3ccccc3C(C)(C)c3ccccc32)cc1.Nc1ccccc1.O=C1C(=O)c2cccnc2C2=C1C=[C+]C=N2. The monoisotopic (exact) mass is 1200 g/mol. The topological polar surface area (TPSA) is 145 Å². The number of allylic oxidation sites excluding steroid dienone is 3. The van der Waals surface area contributed by atoms with Gasteiger partial charge in [-0.2, -0.15) is 0 Å². The lowest BCUT2D eigenvalue weighted by atomic mass is 9.73. The smallest absolute Gasteiger partial charge is 0.317 e. The summed E-state index contributed by atoms with van der Waals surface area (Å²) in [7, 11) is 1.70. The van der Waals surface area contributed by atoms with Crippen LogP contribution in [0.4, 0.5) is 39.8 Å². The van der Waals surface area contributed by atoms with Crippen molar-refractivity contribution < 1.29 is 14.3 Å². The van der Waals surface area contributed by atoms with Crippen molar-refractivity contribution in [1.29, 1.82) is 0 Å². The Balaban J connectivity index is 0.000000129. The minimum absolute atomic E-state index is 0.0177. The van der Waals surface area contributed by atoms with Crippen molar-refractivity contribution in [2.45, 2.75) is 38.5 Å². The van der Waals surface area contributed by atoms with Crippen LogP contribution in [0.5, 0.6) is 5.75 Å². The van der Waals surface area contributed by atoms with E-state index in [-0.39, 0.29) is 16.4 Å². The zero-order valence-electron chi connectivity index (χ0n) is 51.4. The van der Waals surface area contributed by atoms with Crippen LogP contribution in [-0.4, -0.2) is 49.4 Å². The number of fused-ring (bicyclic) bond motifs is 12. The Morgan fingerprint density at radius 1 is 0.457 bits per heavy atom. The molecule has 92 heavy (non-hydrogen) atoms. The molecule has 13 aromatic rings. The highest BCUT2D eigenvalue weighted by atomic mass is 16.5. The number of anilines is 7. The number of Topliss-reactive ketones (excluding diaryl/α,β-unsaturated/α-hetero) is 2. The molecule has 0 amide bonds. The average Bonchev–Trinajstić information content (AvgIpc) is 1.21. The van der Waals surface area contributed by atoms with Gasteiger partial charge in [-0.15, -0.1) is 0 Å². The molecule has 3 aliphatic heterocycles. The molecule has 0 fully saturated rings. The van der Waals surface area contributed by atoms with E-state index in [0.717, 1.165) is 72.7 Å². The van der Waals surface area contributed by atoms with Crippen molar-refractivity contribution in [3.05, 3.63) is 312 Å². The fourth-order valence-electron chi connectivity index (χ4n) is 13.0. The number of aliphatic imine (C=N–C) groups is 1. The van der Waals surface area contributed by atoms with Crippen LogP contribution in [0.15, 0.2) is 278 Å². The number of ether oxygens (including phenoxy) is 1. The fraction of sp³-hybridized carbons (Fsp3) is 0.0875. The van der Waals surface area contributed by atoms with Crippen molar-refractivity contribution in [2.24, 2.45) is 4.99 Å². The maximum absolute atomic E-state index is 11.7. The molecular formula is C80H62N9O3+. The van der Waals surface area contributed by atoms with Crippen LogP contribution >= 0.6 is 0 Å². The van der Waals surface area contributed by atoms with Gasteiger partial charge < -0.3 is 20.3 Å². The van der Waals surface area contributed by atoms with E-state index in [4.69, 9.17) is 25.4 Å². The number of nitrogens with two attached hydrogens (primary N) is 1. The number of nitrogens with zero attached hydrogens (tertiary/aromatic N) is 8. The van der Waals surface area contributed by atoms with Gasteiger partial charge in [0.15, 0.2) is 23.6 Å². The molecule has 4 aliphatic rings. The third-order valence-electron chi connectivity index (χ3n) is 17.5. The predicted molar refractivity (Wildman–Crippen MR) is 371 cm³/mol. The van der Waals surface area contributed by atoms with Crippen LogP contribution in [-0.2, 0) is 15.6 Å². The summed E-state index contributed by atoms with van der Waals surface area (Å²) in [6.07, 6.45) is 10.9. The second-order valence-corrected chi connectivity index (χ2v) is 23.6. The van der Waals surface area contributed by atoms with Gasteiger partial charge in [-0.1, -0.05) is 137 Å². The van der Waals surface area contributed by atoms with E-state index in [9.17, 15) is 9.59 Å². The number of pyridine rings is 3.